The van der Waals surface area contributed by atoms with E-state index in [2.05, 4.69) is 26.4 Å². The first-order valence-corrected chi connectivity index (χ1v) is 12.6. The third-order valence-electron chi connectivity index (χ3n) is 6.69. The fraction of sp³-hybridized carbons (Fsp3) is 0.310. The van der Waals surface area contributed by atoms with Crippen LogP contribution in [0.2, 0.25) is 0 Å². The summed E-state index contributed by atoms with van der Waals surface area (Å²) in [5.74, 6) is 0.247. The first-order chi connectivity index (χ1) is 18.5. The summed E-state index contributed by atoms with van der Waals surface area (Å²) in [6, 6.07) is 13.7. The van der Waals surface area contributed by atoms with Crippen LogP contribution in [0.1, 0.15) is 43.1 Å². The highest BCUT2D eigenvalue weighted by Crippen LogP contribution is 2.33. The Labute approximate surface area is 225 Å². The third kappa shape index (κ3) is 5.54. The lowest BCUT2D eigenvalue weighted by Crippen LogP contribution is -2.48. The Morgan fingerprint density at radius 2 is 2.08 bits per heavy atom. The molecule has 0 bridgehead atoms. The van der Waals surface area contributed by atoms with Gasteiger partial charge in [0.15, 0.2) is 0 Å². The molecule has 4 aromatic rings. The maximum Gasteiger partial charge on any atom is 0.254 e. The molecule has 39 heavy (non-hydrogen) atoms. The molecule has 1 saturated heterocycles. The number of hydrogen-bond acceptors (Lipinski definition) is 7. The number of carbonyl (C=O) groups is 1. The Hall–Kier alpha value is -4.49. The number of pyridine rings is 2. The summed E-state index contributed by atoms with van der Waals surface area (Å²) in [6.07, 6.45) is 5.58. The number of nitrogens with one attached hydrogen (secondary N) is 1. The minimum Gasteiger partial charge on any atom is -0.489 e. The number of nitrogens with zero attached hydrogens (tertiary/aromatic N) is 5. The summed E-state index contributed by atoms with van der Waals surface area (Å²) in [6.45, 7) is 6.54. The lowest BCUT2D eigenvalue weighted by atomic mass is 10.0. The summed E-state index contributed by atoms with van der Waals surface area (Å²) < 4.78 is 21.5. The van der Waals surface area contributed by atoms with Crippen LogP contribution in [0.3, 0.4) is 0 Å². The number of fused-ring (bicyclic) bond motifs is 1. The average molecular weight is 529 g/mol. The van der Waals surface area contributed by atoms with Crippen LogP contribution in [0.15, 0.2) is 61.1 Å². The molecule has 1 aromatic carbocycles. The van der Waals surface area contributed by atoms with Crippen molar-refractivity contribution in [3.8, 4) is 22.9 Å². The van der Waals surface area contributed by atoms with E-state index in [1.165, 1.54) is 18.3 Å². The lowest BCUT2D eigenvalue weighted by Gasteiger charge is -2.26. The molecule has 5 rings (SSSR count). The van der Waals surface area contributed by atoms with Crippen molar-refractivity contribution < 1.29 is 19.0 Å². The van der Waals surface area contributed by atoms with Gasteiger partial charge in [0.1, 0.15) is 30.1 Å². The van der Waals surface area contributed by atoms with Crippen molar-refractivity contribution in [1.82, 2.24) is 19.9 Å². The van der Waals surface area contributed by atoms with Gasteiger partial charge in [-0.15, -0.1) is 0 Å². The molecule has 1 amide bonds. The van der Waals surface area contributed by atoms with Crippen LogP contribution in [0.4, 0.5) is 10.2 Å². The number of nitriles is 1. The number of aliphatic hydroxyl groups is 1. The van der Waals surface area contributed by atoms with Crippen molar-refractivity contribution in [1.29, 1.82) is 5.26 Å². The number of carbonyl (C=O) groups excluding carboxylic acids is 1. The maximum atomic E-state index is 14.1. The van der Waals surface area contributed by atoms with Crippen LogP contribution < -0.4 is 15.0 Å². The second-order valence-corrected chi connectivity index (χ2v) is 10.7. The fourth-order valence-electron chi connectivity index (χ4n) is 4.72. The highest BCUT2D eigenvalue weighted by Gasteiger charge is 2.36. The Balaban J connectivity index is 1.37. The SMILES string of the molecule is CC(C)(O)COc1cc(-c2ccc(N3CCC(C)(NC(=O)c4ccccc4F)C3)nc2)c2c(C#N)cnn2c1. The minimum absolute atomic E-state index is 0.0244. The van der Waals surface area contributed by atoms with Crippen LogP contribution in [0.25, 0.3) is 16.6 Å². The molecule has 1 aliphatic rings. The predicted octanol–water partition coefficient (Wildman–Crippen LogP) is 3.96. The number of rotatable bonds is 7. The van der Waals surface area contributed by atoms with Crippen molar-refractivity contribution in [3.63, 3.8) is 0 Å². The number of anilines is 1. The molecule has 9 nitrogen and oxygen atoms in total. The van der Waals surface area contributed by atoms with Crippen LogP contribution in [0, 0.1) is 17.1 Å². The van der Waals surface area contributed by atoms with E-state index in [0.717, 1.165) is 16.9 Å². The second kappa shape index (κ2) is 10.0. The van der Waals surface area contributed by atoms with Gasteiger partial charge in [0.05, 0.1) is 40.2 Å². The Morgan fingerprint density at radius 3 is 2.77 bits per heavy atom. The molecule has 3 aromatic heterocycles. The first-order valence-electron chi connectivity index (χ1n) is 12.6. The molecule has 0 saturated carbocycles. The summed E-state index contributed by atoms with van der Waals surface area (Å²) in [5, 5.41) is 27.0. The van der Waals surface area contributed by atoms with Crippen LogP contribution in [-0.2, 0) is 0 Å². The van der Waals surface area contributed by atoms with Gasteiger partial charge >= 0.3 is 0 Å². The number of halogens is 1. The van der Waals surface area contributed by atoms with E-state index < -0.39 is 22.9 Å². The number of ether oxygens (including phenoxy) is 1. The highest BCUT2D eigenvalue weighted by molar-refractivity contribution is 5.95. The topological polar surface area (TPSA) is 116 Å². The van der Waals surface area contributed by atoms with Crippen molar-refractivity contribution in [2.45, 2.75) is 38.3 Å². The van der Waals surface area contributed by atoms with Crippen molar-refractivity contribution >= 4 is 17.2 Å². The monoisotopic (exact) mass is 528 g/mol. The van der Waals surface area contributed by atoms with Crippen molar-refractivity contribution in [3.05, 3.63) is 78.0 Å². The van der Waals surface area contributed by atoms with Gasteiger partial charge in [-0.05, 0) is 57.5 Å². The molecule has 1 aliphatic heterocycles. The zero-order valence-corrected chi connectivity index (χ0v) is 22.0. The molecule has 10 heteroatoms. The van der Waals surface area contributed by atoms with E-state index in [-0.39, 0.29) is 12.2 Å². The molecule has 4 heterocycles. The molecule has 1 fully saturated rings. The molecular weight excluding hydrogens is 499 g/mol. The number of hydrogen-bond donors (Lipinski definition) is 2. The number of aromatic nitrogens is 3. The predicted molar refractivity (Wildman–Crippen MR) is 144 cm³/mol. The molecule has 1 unspecified atom stereocenters. The van der Waals surface area contributed by atoms with Crippen LogP contribution in [0.5, 0.6) is 5.75 Å². The van der Waals surface area contributed by atoms with Gasteiger partial charge < -0.3 is 20.1 Å². The Bertz CT molecular complexity index is 1570. The fourth-order valence-corrected chi connectivity index (χ4v) is 4.72. The lowest BCUT2D eigenvalue weighted by molar-refractivity contribution is 0.0283. The zero-order valence-electron chi connectivity index (χ0n) is 22.0. The minimum atomic E-state index is -1.01. The van der Waals surface area contributed by atoms with E-state index in [9.17, 15) is 19.6 Å². The Kier molecular flexibility index (Phi) is 6.70. The number of benzene rings is 1. The summed E-state index contributed by atoms with van der Waals surface area (Å²) >= 11 is 0. The standard InChI is InChI=1S/C29H29FN6O3/c1-28(2,38)18-39-21-12-23(26-20(13-31)15-33-36(26)16-21)19-8-9-25(32-14-19)35-11-10-29(3,17-35)34-27(37)22-6-4-5-7-24(22)30/h4-9,12,14-16,38H,10-11,17-18H2,1-3H3,(H,34,37). The van der Waals surface area contributed by atoms with Gasteiger partial charge in [-0.25, -0.2) is 13.9 Å². The van der Waals surface area contributed by atoms with Gasteiger partial charge in [0.2, 0.25) is 0 Å². The van der Waals surface area contributed by atoms with Crippen LogP contribution in [-0.4, -0.2) is 56.4 Å². The van der Waals surface area contributed by atoms with Gasteiger partial charge in [-0.3, -0.25) is 4.79 Å². The van der Waals surface area contributed by atoms with E-state index in [0.29, 0.717) is 36.3 Å². The highest BCUT2D eigenvalue weighted by atomic mass is 19.1. The summed E-state index contributed by atoms with van der Waals surface area (Å²) in [5.41, 5.74) is 1.01. The smallest absolute Gasteiger partial charge is 0.254 e. The molecule has 200 valence electrons. The quantitative estimate of drug-likeness (QED) is 0.373. The molecule has 0 aliphatic carbocycles. The number of amides is 1. The molecule has 2 N–H and O–H groups in total. The largest absolute Gasteiger partial charge is 0.489 e. The van der Waals surface area contributed by atoms with E-state index in [1.807, 2.05) is 25.1 Å². The third-order valence-corrected chi connectivity index (χ3v) is 6.69. The summed E-state index contributed by atoms with van der Waals surface area (Å²) in [4.78, 5) is 19.4. The normalized spacial score (nSPS) is 17.3. The summed E-state index contributed by atoms with van der Waals surface area (Å²) in [7, 11) is 0. The molecular formula is C29H29FN6O3. The van der Waals surface area contributed by atoms with Crippen molar-refractivity contribution in [2.75, 3.05) is 24.6 Å². The van der Waals surface area contributed by atoms with Crippen molar-refractivity contribution in [2.24, 2.45) is 0 Å². The van der Waals surface area contributed by atoms with Gasteiger partial charge in [0, 0.05) is 30.4 Å². The zero-order chi connectivity index (χ0) is 27.8. The second-order valence-electron chi connectivity index (χ2n) is 10.7. The maximum absolute atomic E-state index is 14.1. The van der Waals surface area contributed by atoms with Crippen LogP contribution >= 0.6 is 0 Å². The van der Waals surface area contributed by atoms with E-state index in [1.54, 1.807) is 42.9 Å². The van der Waals surface area contributed by atoms with Gasteiger partial charge in [0.25, 0.3) is 5.91 Å². The first kappa shape index (κ1) is 26.1. The molecule has 1 atom stereocenters. The van der Waals surface area contributed by atoms with E-state index >= 15 is 0 Å². The van der Waals surface area contributed by atoms with Gasteiger partial charge in [-0.2, -0.15) is 10.4 Å². The van der Waals surface area contributed by atoms with Gasteiger partial charge in [-0.1, -0.05) is 12.1 Å². The molecule has 0 spiro atoms. The average Bonchev–Trinajstić information content (AvgIpc) is 3.50. The van der Waals surface area contributed by atoms with E-state index in [4.69, 9.17) is 4.74 Å². The Morgan fingerprint density at radius 1 is 1.28 bits per heavy atom. The molecule has 0 radical (unpaired) electrons.